The highest BCUT2D eigenvalue weighted by Crippen LogP contribution is 2.26. The van der Waals surface area contributed by atoms with Crippen molar-refractivity contribution < 1.29 is 9.15 Å². The van der Waals surface area contributed by atoms with Crippen LogP contribution in [0.2, 0.25) is 0 Å². The summed E-state index contributed by atoms with van der Waals surface area (Å²) in [4.78, 5) is 0. The van der Waals surface area contributed by atoms with E-state index in [-0.39, 0.29) is 6.04 Å². The highest BCUT2D eigenvalue weighted by atomic mass is 16.5. The van der Waals surface area contributed by atoms with Gasteiger partial charge in [-0.25, -0.2) is 0 Å². The molecule has 1 unspecified atom stereocenters. The molecule has 0 spiro atoms. The lowest BCUT2D eigenvalue weighted by molar-refractivity contribution is 0.170. The maximum Gasteiger partial charge on any atom is 0.134 e. The first-order chi connectivity index (χ1) is 7.36. The van der Waals surface area contributed by atoms with E-state index in [4.69, 9.17) is 9.15 Å². The Hall–Kier alpha value is -1.32. The van der Waals surface area contributed by atoms with Gasteiger partial charge in [-0.1, -0.05) is 18.2 Å². The molecule has 2 rings (SSSR count). The first-order valence-corrected chi connectivity index (χ1v) is 4.99. The molecule has 0 fully saturated rings. The molecular weight excluding hydrogens is 190 g/mol. The van der Waals surface area contributed by atoms with Crippen LogP contribution in [0.15, 0.2) is 34.9 Å². The van der Waals surface area contributed by atoms with Gasteiger partial charge >= 0.3 is 0 Å². The lowest BCUT2D eigenvalue weighted by Gasteiger charge is -2.13. The zero-order chi connectivity index (χ0) is 10.7. The highest BCUT2D eigenvalue weighted by molar-refractivity contribution is 5.81. The fraction of sp³-hybridized carbons (Fsp3) is 0.333. The maximum absolute atomic E-state index is 5.48. The minimum Gasteiger partial charge on any atom is -0.464 e. The molecule has 15 heavy (non-hydrogen) atoms. The predicted molar refractivity (Wildman–Crippen MR) is 59.9 cm³/mol. The van der Waals surface area contributed by atoms with Crippen LogP contribution in [-0.2, 0) is 4.74 Å². The van der Waals surface area contributed by atoms with Gasteiger partial charge in [0, 0.05) is 18.1 Å². The van der Waals surface area contributed by atoms with Crippen LogP contribution < -0.4 is 5.32 Å². The van der Waals surface area contributed by atoms with Crippen molar-refractivity contribution >= 4 is 11.0 Å². The van der Waals surface area contributed by atoms with Crippen LogP contribution >= 0.6 is 0 Å². The number of para-hydroxylation sites is 1. The first-order valence-electron chi connectivity index (χ1n) is 4.99. The molecule has 1 aromatic carbocycles. The van der Waals surface area contributed by atoms with Gasteiger partial charge in [0.1, 0.15) is 5.58 Å². The number of methoxy groups -OCH3 is 1. The van der Waals surface area contributed by atoms with Crippen LogP contribution in [0.25, 0.3) is 11.0 Å². The third-order valence-electron chi connectivity index (χ3n) is 2.57. The van der Waals surface area contributed by atoms with Crippen molar-refractivity contribution in [2.45, 2.75) is 6.04 Å². The topological polar surface area (TPSA) is 34.4 Å². The Kier molecular flexibility index (Phi) is 3.04. The van der Waals surface area contributed by atoms with Crippen LogP contribution in [0.1, 0.15) is 11.6 Å². The van der Waals surface area contributed by atoms with E-state index in [0.29, 0.717) is 6.61 Å². The number of nitrogens with one attached hydrogen (secondary N) is 1. The van der Waals surface area contributed by atoms with Gasteiger partial charge in [-0.3, -0.25) is 0 Å². The van der Waals surface area contributed by atoms with E-state index in [1.54, 1.807) is 13.4 Å². The smallest absolute Gasteiger partial charge is 0.134 e. The molecule has 3 heteroatoms. The molecule has 0 aliphatic rings. The Morgan fingerprint density at radius 3 is 2.93 bits per heavy atom. The van der Waals surface area contributed by atoms with E-state index in [1.165, 1.54) is 0 Å². The van der Waals surface area contributed by atoms with Crippen molar-refractivity contribution in [3.8, 4) is 0 Å². The van der Waals surface area contributed by atoms with Crippen LogP contribution in [0.3, 0.4) is 0 Å². The lowest BCUT2D eigenvalue weighted by Crippen LogP contribution is -2.20. The van der Waals surface area contributed by atoms with E-state index >= 15 is 0 Å². The number of benzene rings is 1. The number of hydrogen-bond acceptors (Lipinski definition) is 3. The summed E-state index contributed by atoms with van der Waals surface area (Å²) in [6.07, 6.45) is 1.80. The summed E-state index contributed by atoms with van der Waals surface area (Å²) >= 11 is 0. The summed E-state index contributed by atoms with van der Waals surface area (Å²) < 4.78 is 10.6. The maximum atomic E-state index is 5.48. The number of hydrogen-bond donors (Lipinski definition) is 1. The van der Waals surface area contributed by atoms with Crippen LogP contribution in [0.5, 0.6) is 0 Å². The highest BCUT2D eigenvalue weighted by Gasteiger charge is 2.14. The summed E-state index contributed by atoms with van der Waals surface area (Å²) in [5.41, 5.74) is 2.07. The molecule has 2 aromatic rings. The molecule has 0 aliphatic carbocycles. The summed E-state index contributed by atoms with van der Waals surface area (Å²) in [6, 6.07) is 8.20. The minimum absolute atomic E-state index is 0.179. The minimum atomic E-state index is 0.179. The fourth-order valence-electron chi connectivity index (χ4n) is 1.76. The quantitative estimate of drug-likeness (QED) is 0.832. The Morgan fingerprint density at radius 1 is 1.40 bits per heavy atom. The van der Waals surface area contributed by atoms with Crippen molar-refractivity contribution in [1.29, 1.82) is 0 Å². The summed E-state index contributed by atoms with van der Waals surface area (Å²) in [5.74, 6) is 0. The van der Waals surface area contributed by atoms with Gasteiger partial charge in [-0.05, 0) is 13.1 Å². The van der Waals surface area contributed by atoms with E-state index in [2.05, 4.69) is 11.4 Å². The second-order valence-corrected chi connectivity index (χ2v) is 3.48. The molecule has 3 nitrogen and oxygen atoms in total. The molecule has 1 aromatic heterocycles. The Labute approximate surface area is 89.0 Å². The Balaban J connectivity index is 2.41. The second-order valence-electron chi connectivity index (χ2n) is 3.48. The van der Waals surface area contributed by atoms with Crippen molar-refractivity contribution in [1.82, 2.24) is 5.32 Å². The first kappa shape index (κ1) is 10.2. The molecule has 80 valence electrons. The zero-order valence-electron chi connectivity index (χ0n) is 8.99. The van der Waals surface area contributed by atoms with Crippen molar-refractivity contribution in [2.24, 2.45) is 0 Å². The van der Waals surface area contributed by atoms with Gasteiger partial charge in [0.25, 0.3) is 0 Å². The normalized spacial score (nSPS) is 13.2. The van der Waals surface area contributed by atoms with Gasteiger partial charge in [-0.2, -0.15) is 0 Å². The molecular formula is C12H15NO2. The van der Waals surface area contributed by atoms with E-state index in [9.17, 15) is 0 Å². The number of furan rings is 1. The Morgan fingerprint density at radius 2 is 2.20 bits per heavy atom. The molecule has 0 saturated carbocycles. The summed E-state index contributed by atoms with van der Waals surface area (Å²) in [6.45, 7) is 0.639. The molecule has 0 radical (unpaired) electrons. The van der Waals surface area contributed by atoms with E-state index in [1.807, 2.05) is 25.2 Å². The fourth-order valence-corrected chi connectivity index (χ4v) is 1.76. The zero-order valence-corrected chi connectivity index (χ0v) is 8.99. The van der Waals surface area contributed by atoms with Crippen molar-refractivity contribution in [2.75, 3.05) is 20.8 Å². The molecule has 0 aliphatic heterocycles. The van der Waals surface area contributed by atoms with Crippen LogP contribution in [-0.4, -0.2) is 20.8 Å². The molecule has 1 heterocycles. The SMILES string of the molecule is CNC(COC)c1coc2ccccc12. The number of rotatable bonds is 4. The van der Waals surface area contributed by atoms with Gasteiger partial charge < -0.3 is 14.5 Å². The van der Waals surface area contributed by atoms with Gasteiger partial charge in [0.2, 0.25) is 0 Å². The summed E-state index contributed by atoms with van der Waals surface area (Å²) in [5, 5.41) is 4.36. The van der Waals surface area contributed by atoms with Crippen molar-refractivity contribution in [3.05, 3.63) is 36.1 Å². The molecule has 0 saturated heterocycles. The molecule has 1 N–H and O–H groups in total. The molecule has 0 amide bonds. The Bertz CT molecular complexity index is 436. The predicted octanol–water partition coefficient (Wildman–Crippen LogP) is 2.34. The molecule has 0 bridgehead atoms. The van der Waals surface area contributed by atoms with E-state index in [0.717, 1.165) is 16.5 Å². The standard InChI is InChI=1S/C12H15NO2/c1-13-11(8-14-2)10-7-15-12-6-4-3-5-9(10)12/h3-7,11,13H,8H2,1-2H3. The average molecular weight is 205 g/mol. The van der Waals surface area contributed by atoms with Crippen LogP contribution in [0.4, 0.5) is 0 Å². The lowest BCUT2D eigenvalue weighted by atomic mass is 10.1. The third kappa shape index (κ3) is 1.89. The monoisotopic (exact) mass is 205 g/mol. The molecule has 1 atom stereocenters. The average Bonchev–Trinajstić information content (AvgIpc) is 2.70. The largest absolute Gasteiger partial charge is 0.464 e. The van der Waals surface area contributed by atoms with E-state index < -0.39 is 0 Å². The van der Waals surface area contributed by atoms with Gasteiger partial charge in [-0.15, -0.1) is 0 Å². The van der Waals surface area contributed by atoms with Crippen molar-refractivity contribution in [3.63, 3.8) is 0 Å². The summed E-state index contributed by atoms with van der Waals surface area (Å²) in [7, 11) is 3.62. The second kappa shape index (κ2) is 4.47. The third-order valence-corrected chi connectivity index (χ3v) is 2.57. The number of ether oxygens (including phenoxy) is 1. The number of fused-ring (bicyclic) bond motifs is 1. The number of likely N-dealkylation sites (N-methyl/N-ethyl adjacent to an activating group) is 1. The van der Waals surface area contributed by atoms with Gasteiger partial charge in [0.15, 0.2) is 0 Å². The van der Waals surface area contributed by atoms with Crippen LogP contribution in [0, 0.1) is 0 Å². The van der Waals surface area contributed by atoms with Gasteiger partial charge in [0.05, 0.1) is 18.9 Å².